The van der Waals surface area contributed by atoms with Crippen molar-refractivity contribution in [3.05, 3.63) is 218 Å². The van der Waals surface area contributed by atoms with Crippen molar-refractivity contribution < 1.29 is 0 Å². The Morgan fingerprint density at radius 2 is 1.07 bits per heavy atom. The molecule has 0 N–H and O–H groups in total. The molecule has 9 aromatic carbocycles. The number of fused-ring (bicyclic) bond motifs is 5. The lowest BCUT2D eigenvalue weighted by Crippen LogP contribution is -2.12. The van der Waals surface area contributed by atoms with E-state index < -0.39 is 0 Å². The molecule has 1 heterocycles. The number of rotatable bonds is 8. The van der Waals surface area contributed by atoms with E-state index in [-0.39, 0.29) is 0 Å². The van der Waals surface area contributed by atoms with Crippen LogP contribution in [0.25, 0.3) is 83.4 Å². The van der Waals surface area contributed by atoms with Gasteiger partial charge in [-0.05, 0) is 129 Å². The summed E-state index contributed by atoms with van der Waals surface area (Å²) in [7, 11) is 0. The summed E-state index contributed by atoms with van der Waals surface area (Å²) in [5, 5.41) is 7.38. The van der Waals surface area contributed by atoms with Crippen molar-refractivity contribution in [3.63, 3.8) is 0 Å². The Hall–Kier alpha value is -7.42. The van der Waals surface area contributed by atoms with E-state index in [0.29, 0.717) is 0 Å². The minimum atomic E-state index is 1.08. The van der Waals surface area contributed by atoms with Crippen molar-refractivity contribution in [2.45, 2.75) is 6.92 Å². The zero-order chi connectivity index (χ0) is 38.3. The fraction of sp³-hybridized carbons (Fsp3) is 0.0182. The molecule has 0 aliphatic rings. The first kappa shape index (κ1) is 34.1. The molecule has 10 rings (SSSR count). The Balaban J connectivity index is 1.13. The summed E-state index contributed by atoms with van der Waals surface area (Å²) in [5.74, 6) is 0. The van der Waals surface area contributed by atoms with Crippen LogP contribution in [-0.4, -0.2) is 4.57 Å². The highest BCUT2D eigenvalue weighted by molar-refractivity contribution is 6.11. The molecule has 2 nitrogen and oxygen atoms in total. The van der Waals surface area contributed by atoms with Gasteiger partial charge in [0.2, 0.25) is 0 Å². The minimum absolute atomic E-state index is 1.08. The standard InChI is InChI=1S/C55H40N2/c1-3-14-50-38(4-2)17-13-24-53(50)56(49-31-32-55-52(37-49)51-22-10-11-23-54(51)57(55)47-19-6-5-7-20-47)48-21-12-18-42(36-48)44-29-26-40-27-30-45(35-46(40)34-44)43-28-25-39-15-8-9-16-41(39)33-43/h3-37H,2H2,1H3/b14-3-. The molecule has 0 bridgehead atoms. The molecule has 0 saturated heterocycles. The summed E-state index contributed by atoms with van der Waals surface area (Å²) in [4.78, 5) is 2.40. The largest absolute Gasteiger partial charge is 0.310 e. The molecule has 1 aromatic heterocycles. The van der Waals surface area contributed by atoms with Crippen LogP contribution in [0.3, 0.4) is 0 Å². The molecule has 0 amide bonds. The number of anilines is 3. The zero-order valence-electron chi connectivity index (χ0n) is 31.8. The first-order valence-corrected chi connectivity index (χ1v) is 19.6. The number of hydrogen-bond donors (Lipinski definition) is 0. The average molecular weight is 729 g/mol. The molecule has 10 aromatic rings. The SMILES string of the molecule is C=Cc1cccc(N(c2cccc(-c3ccc4ccc(-c5ccc6ccccc6c5)cc4c3)c2)c2ccc3c(c2)c2ccccc2n3-c2ccccc2)c1/C=C\C. The molecule has 0 radical (unpaired) electrons. The first-order chi connectivity index (χ1) is 28.2. The average Bonchev–Trinajstić information content (AvgIpc) is 3.60. The van der Waals surface area contributed by atoms with Crippen LogP contribution in [-0.2, 0) is 0 Å². The predicted molar refractivity (Wildman–Crippen MR) is 246 cm³/mol. The van der Waals surface area contributed by atoms with Gasteiger partial charge >= 0.3 is 0 Å². The van der Waals surface area contributed by atoms with Crippen LogP contribution in [0.1, 0.15) is 18.1 Å². The summed E-state index contributed by atoms with van der Waals surface area (Å²) in [6.07, 6.45) is 6.25. The summed E-state index contributed by atoms with van der Waals surface area (Å²) < 4.78 is 2.37. The number of benzene rings is 9. The molecule has 0 fully saturated rings. The quantitative estimate of drug-likeness (QED) is 0.151. The predicted octanol–water partition coefficient (Wildman–Crippen LogP) is 15.6. The monoisotopic (exact) mass is 728 g/mol. The van der Waals surface area contributed by atoms with Crippen molar-refractivity contribution in [1.82, 2.24) is 4.57 Å². The third kappa shape index (κ3) is 6.09. The topological polar surface area (TPSA) is 8.17 Å². The third-order valence-electron chi connectivity index (χ3n) is 11.2. The summed E-state index contributed by atoms with van der Waals surface area (Å²) in [6, 6.07) is 70.6. The van der Waals surface area contributed by atoms with Gasteiger partial charge in [0.25, 0.3) is 0 Å². The van der Waals surface area contributed by atoms with E-state index in [0.717, 1.165) is 39.4 Å². The van der Waals surface area contributed by atoms with E-state index in [4.69, 9.17) is 0 Å². The van der Waals surface area contributed by atoms with Crippen LogP contribution in [0, 0.1) is 0 Å². The van der Waals surface area contributed by atoms with Crippen molar-refractivity contribution in [2.75, 3.05) is 4.90 Å². The van der Waals surface area contributed by atoms with E-state index in [2.05, 4.69) is 229 Å². The van der Waals surface area contributed by atoms with Gasteiger partial charge in [-0.3, -0.25) is 0 Å². The van der Waals surface area contributed by atoms with Gasteiger partial charge < -0.3 is 9.47 Å². The van der Waals surface area contributed by atoms with Crippen molar-refractivity contribution in [2.24, 2.45) is 0 Å². The lowest BCUT2D eigenvalue weighted by Gasteiger charge is -2.28. The highest BCUT2D eigenvalue weighted by atomic mass is 15.1. The first-order valence-electron chi connectivity index (χ1n) is 19.6. The minimum Gasteiger partial charge on any atom is -0.310 e. The number of allylic oxidation sites excluding steroid dienone is 1. The molecule has 0 unspecified atom stereocenters. The molecule has 2 heteroatoms. The Kier molecular flexibility index (Phi) is 8.58. The second kappa shape index (κ2) is 14.3. The molecule has 0 aliphatic heterocycles. The second-order valence-electron chi connectivity index (χ2n) is 14.6. The van der Waals surface area contributed by atoms with Crippen LogP contribution in [0.5, 0.6) is 0 Å². The summed E-state index contributed by atoms with van der Waals surface area (Å²) in [6.45, 7) is 6.26. The Morgan fingerprint density at radius 1 is 0.456 bits per heavy atom. The van der Waals surface area contributed by atoms with Gasteiger partial charge in [-0.2, -0.15) is 0 Å². The fourth-order valence-electron chi connectivity index (χ4n) is 8.47. The smallest absolute Gasteiger partial charge is 0.0542 e. The van der Waals surface area contributed by atoms with Gasteiger partial charge in [-0.25, -0.2) is 0 Å². The van der Waals surface area contributed by atoms with Gasteiger partial charge in [0, 0.05) is 33.4 Å². The van der Waals surface area contributed by atoms with Crippen molar-refractivity contribution in [3.8, 4) is 27.9 Å². The Morgan fingerprint density at radius 3 is 1.82 bits per heavy atom. The highest BCUT2D eigenvalue weighted by Crippen LogP contribution is 2.43. The second-order valence-corrected chi connectivity index (χ2v) is 14.6. The summed E-state index contributed by atoms with van der Waals surface area (Å²) in [5.41, 5.74) is 13.7. The maximum absolute atomic E-state index is 4.19. The number of aromatic nitrogens is 1. The Labute approximate surface area is 333 Å². The number of hydrogen-bond acceptors (Lipinski definition) is 1. The highest BCUT2D eigenvalue weighted by Gasteiger charge is 2.20. The van der Waals surface area contributed by atoms with Gasteiger partial charge in [-0.1, -0.05) is 146 Å². The molecule has 270 valence electrons. The molecular weight excluding hydrogens is 689 g/mol. The molecule has 0 atom stereocenters. The van der Waals surface area contributed by atoms with Gasteiger partial charge in [0.1, 0.15) is 0 Å². The van der Waals surface area contributed by atoms with Crippen LogP contribution in [0.4, 0.5) is 17.1 Å². The summed E-state index contributed by atoms with van der Waals surface area (Å²) >= 11 is 0. The van der Waals surface area contributed by atoms with Crippen LogP contribution < -0.4 is 4.90 Å². The number of para-hydroxylation sites is 2. The van der Waals surface area contributed by atoms with Crippen molar-refractivity contribution in [1.29, 1.82) is 0 Å². The maximum atomic E-state index is 4.19. The van der Waals surface area contributed by atoms with Gasteiger partial charge in [0.15, 0.2) is 0 Å². The third-order valence-corrected chi connectivity index (χ3v) is 11.2. The van der Waals surface area contributed by atoms with Crippen LogP contribution >= 0.6 is 0 Å². The molecule has 0 spiro atoms. The van der Waals surface area contributed by atoms with Crippen LogP contribution in [0.15, 0.2) is 207 Å². The number of nitrogens with zero attached hydrogens (tertiary/aromatic N) is 2. The van der Waals surface area contributed by atoms with Crippen LogP contribution in [0.2, 0.25) is 0 Å². The molecule has 57 heavy (non-hydrogen) atoms. The molecular formula is C55H40N2. The maximum Gasteiger partial charge on any atom is 0.0542 e. The van der Waals surface area contributed by atoms with Crippen molar-refractivity contribution >= 4 is 72.6 Å². The Bertz CT molecular complexity index is 3160. The van der Waals surface area contributed by atoms with E-state index in [9.17, 15) is 0 Å². The lowest BCUT2D eigenvalue weighted by atomic mass is 9.96. The molecule has 0 aliphatic carbocycles. The van der Waals surface area contributed by atoms with E-state index >= 15 is 0 Å². The van der Waals surface area contributed by atoms with E-state index in [1.54, 1.807) is 0 Å². The molecule has 0 saturated carbocycles. The fourth-order valence-corrected chi connectivity index (χ4v) is 8.47. The van der Waals surface area contributed by atoms with Gasteiger partial charge in [0.05, 0.1) is 16.7 Å². The zero-order valence-corrected chi connectivity index (χ0v) is 31.8. The van der Waals surface area contributed by atoms with E-state index in [1.165, 1.54) is 60.0 Å². The van der Waals surface area contributed by atoms with Gasteiger partial charge in [-0.15, -0.1) is 0 Å². The normalized spacial score (nSPS) is 11.6. The lowest BCUT2D eigenvalue weighted by molar-refractivity contribution is 1.18. The van der Waals surface area contributed by atoms with E-state index in [1.807, 2.05) is 6.08 Å².